The van der Waals surface area contributed by atoms with E-state index in [-0.39, 0.29) is 18.4 Å². The second kappa shape index (κ2) is 7.19. The molecule has 0 radical (unpaired) electrons. The summed E-state index contributed by atoms with van der Waals surface area (Å²) in [6.07, 6.45) is 3.90. The molecule has 2 aromatic rings. The van der Waals surface area contributed by atoms with Crippen molar-refractivity contribution in [2.24, 2.45) is 0 Å². The summed E-state index contributed by atoms with van der Waals surface area (Å²) in [4.78, 5) is 27.5. The van der Waals surface area contributed by atoms with Gasteiger partial charge in [-0.1, -0.05) is 25.1 Å². The van der Waals surface area contributed by atoms with Crippen LogP contribution in [-0.2, 0) is 11.2 Å². The molecule has 0 aliphatic heterocycles. The third-order valence-electron chi connectivity index (χ3n) is 3.02. The fraction of sp³-hybridized carbons (Fsp3) is 0.188. The highest BCUT2D eigenvalue weighted by molar-refractivity contribution is 5.99. The molecule has 2 N–H and O–H groups in total. The fourth-order valence-electron chi connectivity index (χ4n) is 1.91. The molecule has 0 fully saturated rings. The number of nitrogens with zero attached hydrogens (tertiary/aromatic N) is 1. The van der Waals surface area contributed by atoms with Gasteiger partial charge >= 0.3 is 0 Å². The second-order valence-electron chi connectivity index (χ2n) is 4.48. The van der Waals surface area contributed by atoms with Gasteiger partial charge in [0.2, 0.25) is 5.91 Å². The molecular formula is C16H17N3O2. The maximum atomic E-state index is 11.9. The van der Waals surface area contributed by atoms with Gasteiger partial charge in [-0.15, -0.1) is 0 Å². The zero-order valence-corrected chi connectivity index (χ0v) is 11.8. The molecular weight excluding hydrogens is 266 g/mol. The van der Waals surface area contributed by atoms with E-state index in [0.29, 0.717) is 5.56 Å². The molecule has 1 aromatic carbocycles. The molecule has 5 heteroatoms. The normalized spacial score (nSPS) is 9.95. The van der Waals surface area contributed by atoms with E-state index < -0.39 is 0 Å². The Morgan fingerprint density at radius 2 is 1.81 bits per heavy atom. The van der Waals surface area contributed by atoms with Crippen molar-refractivity contribution in [3.8, 4) is 0 Å². The summed E-state index contributed by atoms with van der Waals surface area (Å²) in [6, 6.07) is 10.8. The lowest BCUT2D eigenvalue weighted by Gasteiger charge is -2.10. The topological polar surface area (TPSA) is 71.1 Å². The molecule has 2 amide bonds. The van der Waals surface area contributed by atoms with Crippen molar-refractivity contribution >= 4 is 17.5 Å². The number of rotatable bonds is 5. The first-order valence-electron chi connectivity index (χ1n) is 6.76. The number of carbonyl (C=O) groups excluding carboxylic acids is 2. The average Bonchev–Trinajstić information content (AvgIpc) is 2.54. The minimum absolute atomic E-state index is 0.0702. The smallest absolute Gasteiger partial charge is 0.251 e. The van der Waals surface area contributed by atoms with Crippen molar-refractivity contribution in [1.29, 1.82) is 0 Å². The zero-order valence-electron chi connectivity index (χ0n) is 11.8. The van der Waals surface area contributed by atoms with Crippen LogP contribution in [-0.4, -0.2) is 23.3 Å². The zero-order chi connectivity index (χ0) is 15.1. The van der Waals surface area contributed by atoms with Crippen molar-refractivity contribution in [2.75, 3.05) is 11.9 Å². The standard InChI is InChI=1S/C16H17N3O2/c1-2-12-5-3-4-6-14(12)19-15(20)11-18-16(21)13-7-9-17-10-8-13/h3-10H,2,11H2,1H3,(H,18,21)(H,19,20). The predicted molar refractivity (Wildman–Crippen MR) is 81.0 cm³/mol. The number of amides is 2. The number of pyridine rings is 1. The van der Waals surface area contributed by atoms with Crippen molar-refractivity contribution in [1.82, 2.24) is 10.3 Å². The monoisotopic (exact) mass is 283 g/mol. The van der Waals surface area contributed by atoms with E-state index in [1.807, 2.05) is 31.2 Å². The van der Waals surface area contributed by atoms with E-state index in [1.54, 1.807) is 12.1 Å². The van der Waals surface area contributed by atoms with Crippen LogP contribution in [0.5, 0.6) is 0 Å². The number of aryl methyl sites for hydroxylation is 1. The summed E-state index contributed by atoms with van der Waals surface area (Å²) in [5.41, 5.74) is 2.32. The highest BCUT2D eigenvalue weighted by Gasteiger charge is 2.09. The SMILES string of the molecule is CCc1ccccc1NC(=O)CNC(=O)c1ccncc1. The van der Waals surface area contributed by atoms with Gasteiger partial charge < -0.3 is 10.6 Å². The Balaban J connectivity index is 1.89. The van der Waals surface area contributed by atoms with Gasteiger partial charge in [0.1, 0.15) is 0 Å². The average molecular weight is 283 g/mol. The molecule has 0 saturated heterocycles. The van der Waals surface area contributed by atoms with E-state index in [4.69, 9.17) is 0 Å². The van der Waals surface area contributed by atoms with E-state index in [1.165, 1.54) is 12.4 Å². The van der Waals surface area contributed by atoms with Crippen LogP contribution >= 0.6 is 0 Å². The van der Waals surface area contributed by atoms with Gasteiger partial charge in [-0.3, -0.25) is 14.6 Å². The van der Waals surface area contributed by atoms with E-state index in [9.17, 15) is 9.59 Å². The largest absolute Gasteiger partial charge is 0.343 e. The number of anilines is 1. The van der Waals surface area contributed by atoms with Crippen LogP contribution in [0, 0.1) is 0 Å². The van der Waals surface area contributed by atoms with Crippen molar-refractivity contribution in [3.63, 3.8) is 0 Å². The molecule has 0 saturated carbocycles. The Bertz CT molecular complexity index is 626. The lowest BCUT2D eigenvalue weighted by atomic mass is 10.1. The molecule has 1 heterocycles. The van der Waals surface area contributed by atoms with Gasteiger partial charge in [0.15, 0.2) is 0 Å². The Morgan fingerprint density at radius 1 is 1.10 bits per heavy atom. The third-order valence-corrected chi connectivity index (χ3v) is 3.02. The first-order valence-corrected chi connectivity index (χ1v) is 6.76. The second-order valence-corrected chi connectivity index (χ2v) is 4.48. The number of hydrogen-bond acceptors (Lipinski definition) is 3. The Kier molecular flexibility index (Phi) is 5.04. The molecule has 0 bridgehead atoms. The summed E-state index contributed by atoms with van der Waals surface area (Å²) in [5, 5.41) is 5.38. The summed E-state index contributed by atoms with van der Waals surface area (Å²) >= 11 is 0. The van der Waals surface area contributed by atoms with Crippen molar-refractivity contribution in [3.05, 3.63) is 59.9 Å². The Hall–Kier alpha value is -2.69. The highest BCUT2D eigenvalue weighted by atomic mass is 16.2. The molecule has 2 rings (SSSR count). The molecule has 0 aliphatic rings. The minimum Gasteiger partial charge on any atom is -0.343 e. The molecule has 1 aromatic heterocycles. The number of hydrogen-bond donors (Lipinski definition) is 2. The lowest BCUT2D eigenvalue weighted by molar-refractivity contribution is -0.115. The molecule has 0 aliphatic carbocycles. The van der Waals surface area contributed by atoms with Crippen LogP contribution in [0.15, 0.2) is 48.8 Å². The van der Waals surface area contributed by atoms with E-state index >= 15 is 0 Å². The number of carbonyl (C=O) groups is 2. The van der Waals surface area contributed by atoms with Gasteiger partial charge in [0, 0.05) is 23.6 Å². The summed E-state index contributed by atoms with van der Waals surface area (Å²) in [7, 11) is 0. The predicted octanol–water partition coefficient (Wildman–Crippen LogP) is 2.01. The summed E-state index contributed by atoms with van der Waals surface area (Å²) in [6.45, 7) is 1.95. The van der Waals surface area contributed by atoms with Gasteiger partial charge in [-0.05, 0) is 30.2 Å². The van der Waals surface area contributed by atoms with Gasteiger partial charge in [0.25, 0.3) is 5.91 Å². The molecule has 0 unspecified atom stereocenters. The van der Waals surface area contributed by atoms with Crippen LogP contribution in [0.2, 0.25) is 0 Å². The van der Waals surface area contributed by atoms with Gasteiger partial charge in [-0.25, -0.2) is 0 Å². The number of benzene rings is 1. The molecule has 21 heavy (non-hydrogen) atoms. The maximum absolute atomic E-state index is 11.9. The minimum atomic E-state index is -0.295. The Morgan fingerprint density at radius 3 is 2.52 bits per heavy atom. The maximum Gasteiger partial charge on any atom is 0.251 e. The first-order chi connectivity index (χ1) is 10.2. The Labute approximate surface area is 123 Å². The van der Waals surface area contributed by atoms with Crippen molar-refractivity contribution in [2.45, 2.75) is 13.3 Å². The molecule has 0 atom stereocenters. The number of nitrogens with one attached hydrogen (secondary N) is 2. The molecule has 108 valence electrons. The molecule has 5 nitrogen and oxygen atoms in total. The van der Waals surface area contributed by atoms with E-state index in [0.717, 1.165) is 17.7 Å². The van der Waals surface area contributed by atoms with Crippen LogP contribution < -0.4 is 10.6 Å². The quantitative estimate of drug-likeness (QED) is 0.881. The molecule has 0 spiro atoms. The summed E-state index contributed by atoms with van der Waals surface area (Å²) < 4.78 is 0. The van der Waals surface area contributed by atoms with Crippen molar-refractivity contribution < 1.29 is 9.59 Å². The van der Waals surface area contributed by atoms with E-state index in [2.05, 4.69) is 15.6 Å². The third kappa shape index (κ3) is 4.14. The van der Waals surface area contributed by atoms with Gasteiger partial charge in [-0.2, -0.15) is 0 Å². The van der Waals surface area contributed by atoms with Crippen LogP contribution in [0.3, 0.4) is 0 Å². The van der Waals surface area contributed by atoms with Crippen LogP contribution in [0.1, 0.15) is 22.8 Å². The number of para-hydroxylation sites is 1. The summed E-state index contributed by atoms with van der Waals surface area (Å²) in [5.74, 6) is -0.547. The fourth-order valence-corrected chi connectivity index (χ4v) is 1.91. The number of aromatic nitrogens is 1. The first kappa shape index (κ1) is 14.7. The highest BCUT2D eigenvalue weighted by Crippen LogP contribution is 2.14. The van der Waals surface area contributed by atoms with Crippen LogP contribution in [0.25, 0.3) is 0 Å². The van der Waals surface area contributed by atoms with Crippen LogP contribution in [0.4, 0.5) is 5.69 Å². The van der Waals surface area contributed by atoms with Gasteiger partial charge in [0.05, 0.1) is 6.54 Å². The lowest BCUT2D eigenvalue weighted by Crippen LogP contribution is -2.33.